The maximum atomic E-state index is 12.1. The van der Waals surface area contributed by atoms with E-state index in [-0.39, 0.29) is 24.0 Å². The van der Waals surface area contributed by atoms with Crippen molar-refractivity contribution in [2.45, 2.75) is 32.3 Å². The van der Waals surface area contributed by atoms with E-state index in [1.54, 1.807) is 4.90 Å². The van der Waals surface area contributed by atoms with E-state index < -0.39 is 0 Å². The number of piperidine rings is 1. The van der Waals surface area contributed by atoms with Gasteiger partial charge in [0.1, 0.15) is 11.9 Å². The van der Waals surface area contributed by atoms with Gasteiger partial charge in [0.2, 0.25) is 5.91 Å². The smallest absolute Gasteiger partial charge is 0.317 e. The molecular formula is C20H30N4O3. The Bertz CT molecular complexity index is 652. The van der Waals surface area contributed by atoms with Gasteiger partial charge >= 0.3 is 6.03 Å². The molecule has 0 spiro atoms. The molecule has 3 rings (SSSR count). The van der Waals surface area contributed by atoms with Crippen LogP contribution in [0.25, 0.3) is 0 Å². The monoisotopic (exact) mass is 374 g/mol. The summed E-state index contributed by atoms with van der Waals surface area (Å²) in [5.74, 6) is 0.712. The largest absolute Gasteiger partial charge is 0.487 e. The molecule has 0 aromatic heterocycles. The Morgan fingerprint density at radius 1 is 1.26 bits per heavy atom. The number of nitrogens with two attached hydrogens (primary N) is 1. The third-order valence-electron chi connectivity index (χ3n) is 5.34. The first-order chi connectivity index (χ1) is 13.0. The molecule has 0 bridgehead atoms. The summed E-state index contributed by atoms with van der Waals surface area (Å²) in [6.07, 6.45) is 2.67. The van der Waals surface area contributed by atoms with Crippen LogP contribution in [0.3, 0.4) is 0 Å². The highest BCUT2D eigenvalue weighted by molar-refractivity contribution is 5.76. The third-order valence-corrected chi connectivity index (χ3v) is 5.34. The van der Waals surface area contributed by atoms with Gasteiger partial charge in [0.25, 0.3) is 0 Å². The summed E-state index contributed by atoms with van der Waals surface area (Å²) in [7, 11) is 0. The summed E-state index contributed by atoms with van der Waals surface area (Å²) < 4.78 is 5.88. The molecule has 148 valence electrons. The molecule has 27 heavy (non-hydrogen) atoms. The Kier molecular flexibility index (Phi) is 6.55. The van der Waals surface area contributed by atoms with Crippen LogP contribution in [0.1, 0.15) is 24.8 Å². The first-order valence-corrected chi connectivity index (χ1v) is 9.79. The summed E-state index contributed by atoms with van der Waals surface area (Å²) in [6, 6.07) is 7.95. The molecule has 0 saturated carbocycles. The summed E-state index contributed by atoms with van der Waals surface area (Å²) >= 11 is 0. The van der Waals surface area contributed by atoms with E-state index in [9.17, 15) is 9.59 Å². The minimum Gasteiger partial charge on any atom is -0.487 e. The molecule has 7 heteroatoms. The molecular weight excluding hydrogens is 344 g/mol. The number of hydrogen-bond acceptors (Lipinski definition) is 4. The highest BCUT2D eigenvalue weighted by Gasteiger charge is 2.32. The fourth-order valence-electron chi connectivity index (χ4n) is 3.61. The average Bonchev–Trinajstić information content (AvgIpc) is 2.61. The Morgan fingerprint density at radius 2 is 2.00 bits per heavy atom. The van der Waals surface area contributed by atoms with Crippen molar-refractivity contribution in [1.29, 1.82) is 0 Å². The number of carbonyl (C=O) groups is 2. The number of carbonyl (C=O) groups excluding carboxylic acids is 2. The molecule has 2 aliphatic rings. The second kappa shape index (κ2) is 9.08. The SMILES string of the molecule is Cc1cccc(OC2CN(C(=O)NCCCN3CCC(C(N)=O)CC3)C2)c1. The van der Waals surface area contributed by atoms with E-state index in [0.717, 1.165) is 44.6 Å². The van der Waals surface area contributed by atoms with Crippen LogP contribution in [0.15, 0.2) is 24.3 Å². The molecule has 7 nitrogen and oxygen atoms in total. The molecule has 2 aliphatic heterocycles. The van der Waals surface area contributed by atoms with Crippen LogP contribution >= 0.6 is 0 Å². The quantitative estimate of drug-likeness (QED) is 0.706. The number of ether oxygens (including phenoxy) is 1. The first-order valence-electron chi connectivity index (χ1n) is 9.79. The molecule has 1 aromatic carbocycles. The van der Waals surface area contributed by atoms with Crippen LogP contribution in [-0.2, 0) is 4.79 Å². The second-order valence-electron chi connectivity index (χ2n) is 7.57. The Morgan fingerprint density at radius 3 is 2.67 bits per heavy atom. The lowest BCUT2D eigenvalue weighted by Crippen LogP contribution is -2.59. The fourth-order valence-corrected chi connectivity index (χ4v) is 3.61. The van der Waals surface area contributed by atoms with Gasteiger partial charge in [0, 0.05) is 12.5 Å². The van der Waals surface area contributed by atoms with Gasteiger partial charge in [-0.15, -0.1) is 0 Å². The van der Waals surface area contributed by atoms with Crippen molar-refractivity contribution in [2.75, 3.05) is 39.3 Å². The van der Waals surface area contributed by atoms with E-state index >= 15 is 0 Å². The van der Waals surface area contributed by atoms with Crippen molar-refractivity contribution in [2.24, 2.45) is 11.7 Å². The van der Waals surface area contributed by atoms with Gasteiger partial charge < -0.3 is 25.6 Å². The van der Waals surface area contributed by atoms with Crippen LogP contribution < -0.4 is 15.8 Å². The van der Waals surface area contributed by atoms with Gasteiger partial charge in [-0.3, -0.25) is 4.79 Å². The number of nitrogens with one attached hydrogen (secondary N) is 1. The van der Waals surface area contributed by atoms with Gasteiger partial charge in [-0.05, 0) is 63.5 Å². The molecule has 2 fully saturated rings. The molecule has 3 amide bonds. The lowest BCUT2D eigenvalue weighted by atomic mass is 9.96. The molecule has 0 aliphatic carbocycles. The van der Waals surface area contributed by atoms with Gasteiger partial charge in [0.15, 0.2) is 0 Å². The fraction of sp³-hybridized carbons (Fsp3) is 0.600. The van der Waals surface area contributed by atoms with Crippen molar-refractivity contribution in [1.82, 2.24) is 15.1 Å². The minimum absolute atomic E-state index is 0.0217. The van der Waals surface area contributed by atoms with Gasteiger partial charge in [-0.2, -0.15) is 0 Å². The number of rotatable bonds is 7. The van der Waals surface area contributed by atoms with Crippen molar-refractivity contribution < 1.29 is 14.3 Å². The molecule has 2 heterocycles. The topological polar surface area (TPSA) is 87.9 Å². The van der Waals surface area contributed by atoms with Crippen LogP contribution in [-0.4, -0.2) is 67.1 Å². The van der Waals surface area contributed by atoms with Gasteiger partial charge in [-0.25, -0.2) is 4.79 Å². The van der Waals surface area contributed by atoms with E-state index in [2.05, 4.69) is 10.2 Å². The van der Waals surface area contributed by atoms with E-state index in [0.29, 0.717) is 19.6 Å². The number of likely N-dealkylation sites (tertiary alicyclic amines) is 2. The highest BCUT2D eigenvalue weighted by Crippen LogP contribution is 2.19. The number of amides is 3. The average molecular weight is 374 g/mol. The van der Waals surface area contributed by atoms with Gasteiger partial charge in [0.05, 0.1) is 13.1 Å². The maximum Gasteiger partial charge on any atom is 0.317 e. The summed E-state index contributed by atoms with van der Waals surface area (Å²) in [5.41, 5.74) is 6.52. The predicted octanol–water partition coefficient (Wildman–Crippen LogP) is 1.36. The van der Waals surface area contributed by atoms with Crippen LogP contribution in [0, 0.1) is 12.8 Å². The van der Waals surface area contributed by atoms with Crippen molar-refractivity contribution in [3.63, 3.8) is 0 Å². The summed E-state index contributed by atoms with van der Waals surface area (Å²) in [6.45, 7) is 6.70. The van der Waals surface area contributed by atoms with Gasteiger partial charge in [-0.1, -0.05) is 12.1 Å². The third kappa shape index (κ3) is 5.60. The number of nitrogens with zero attached hydrogens (tertiary/aromatic N) is 2. The van der Waals surface area contributed by atoms with E-state index in [1.807, 2.05) is 31.2 Å². The number of hydrogen-bond donors (Lipinski definition) is 2. The van der Waals surface area contributed by atoms with Crippen LogP contribution in [0.4, 0.5) is 4.79 Å². The number of benzene rings is 1. The Hall–Kier alpha value is -2.28. The molecule has 0 atom stereocenters. The molecule has 2 saturated heterocycles. The van der Waals surface area contributed by atoms with Crippen molar-refractivity contribution in [3.05, 3.63) is 29.8 Å². The first kappa shape index (κ1) is 19.5. The highest BCUT2D eigenvalue weighted by atomic mass is 16.5. The zero-order chi connectivity index (χ0) is 19.2. The predicted molar refractivity (Wildman–Crippen MR) is 104 cm³/mol. The van der Waals surface area contributed by atoms with Crippen molar-refractivity contribution >= 4 is 11.9 Å². The Balaban J connectivity index is 1.25. The number of primary amides is 1. The molecule has 0 unspecified atom stereocenters. The maximum absolute atomic E-state index is 12.1. The number of aryl methyl sites for hydroxylation is 1. The summed E-state index contributed by atoms with van der Waals surface area (Å²) in [5, 5.41) is 2.98. The molecule has 3 N–H and O–H groups in total. The van der Waals surface area contributed by atoms with E-state index in [1.165, 1.54) is 5.56 Å². The normalized spacial score (nSPS) is 18.8. The van der Waals surface area contributed by atoms with Crippen LogP contribution in [0.5, 0.6) is 5.75 Å². The zero-order valence-electron chi connectivity index (χ0n) is 16.0. The van der Waals surface area contributed by atoms with Crippen LogP contribution in [0.2, 0.25) is 0 Å². The van der Waals surface area contributed by atoms with Crippen molar-refractivity contribution in [3.8, 4) is 5.75 Å². The lowest BCUT2D eigenvalue weighted by molar-refractivity contribution is -0.123. The zero-order valence-corrected chi connectivity index (χ0v) is 16.0. The molecule has 1 aromatic rings. The van der Waals surface area contributed by atoms with E-state index in [4.69, 9.17) is 10.5 Å². The number of urea groups is 1. The Labute approximate surface area is 160 Å². The second-order valence-corrected chi connectivity index (χ2v) is 7.57. The standard InChI is InChI=1S/C20H30N4O3/c1-15-4-2-5-17(12-15)27-18-13-24(14-18)20(26)22-8-3-9-23-10-6-16(7-11-23)19(21)25/h2,4-5,12,16,18H,3,6-11,13-14H2,1H3,(H2,21,25)(H,22,26). The minimum atomic E-state index is -0.179. The lowest BCUT2D eigenvalue weighted by Gasteiger charge is -2.38. The molecule has 0 radical (unpaired) electrons. The summed E-state index contributed by atoms with van der Waals surface area (Å²) in [4.78, 5) is 27.4.